The highest BCUT2D eigenvalue weighted by Gasteiger charge is 2.39. The molecule has 4 nitrogen and oxygen atoms in total. The van der Waals surface area contributed by atoms with E-state index in [1.165, 1.54) is 5.56 Å². The highest BCUT2D eigenvalue weighted by atomic mass is 28.4. The van der Waals surface area contributed by atoms with Crippen LogP contribution in [0.25, 0.3) is 0 Å². The number of carbonyl (C=O) groups excluding carboxylic acids is 1. The molecule has 0 saturated carbocycles. The predicted octanol–water partition coefficient (Wildman–Crippen LogP) is 6.47. The van der Waals surface area contributed by atoms with Crippen molar-refractivity contribution in [2.45, 2.75) is 83.2 Å². The van der Waals surface area contributed by atoms with Gasteiger partial charge in [-0.3, -0.25) is 4.79 Å². The van der Waals surface area contributed by atoms with Gasteiger partial charge < -0.3 is 14.5 Å². The zero-order valence-electron chi connectivity index (χ0n) is 19.6. The van der Waals surface area contributed by atoms with Gasteiger partial charge in [-0.25, -0.2) is 0 Å². The summed E-state index contributed by atoms with van der Waals surface area (Å²) in [6.07, 6.45) is 4.47. The zero-order valence-corrected chi connectivity index (χ0v) is 20.6. The summed E-state index contributed by atoms with van der Waals surface area (Å²) in [5.41, 5.74) is 1.22. The highest BCUT2D eigenvalue weighted by Crippen LogP contribution is 2.38. The standard InChI is InChI=1S/C26H37NO3Si/c1-26(2,3)31(4,5)30-24(16-14-21-15-17-25(28)27-21)19-20-10-9-13-23(18-20)29-22-11-7-6-8-12-22/h6-13,18,21,24H,14-17,19H2,1-5H3,(H,27,28). The lowest BCUT2D eigenvalue weighted by atomic mass is 10.0. The Morgan fingerprint density at radius 2 is 1.77 bits per heavy atom. The van der Waals surface area contributed by atoms with E-state index in [-0.39, 0.29) is 23.1 Å². The molecule has 1 heterocycles. The van der Waals surface area contributed by atoms with E-state index in [0.717, 1.165) is 37.2 Å². The normalized spacial score (nSPS) is 18.0. The van der Waals surface area contributed by atoms with Crippen LogP contribution in [0, 0.1) is 0 Å². The third-order valence-electron chi connectivity index (χ3n) is 6.53. The smallest absolute Gasteiger partial charge is 0.220 e. The molecule has 1 aliphatic rings. The minimum atomic E-state index is -1.91. The lowest BCUT2D eigenvalue weighted by Crippen LogP contribution is -2.44. The fourth-order valence-electron chi connectivity index (χ4n) is 3.70. The number of hydrogen-bond acceptors (Lipinski definition) is 3. The Morgan fingerprint density at radius 1 is 1.06 bits per heavy atom. The Hall–Kier alpha value is -2.11. The molecule has 168 valence electrons. The predicted molar refractivity (Wildman–Crippen MR) is 129 cm³/mol. The fourth-order valence-corrected chi connectivity index (χ4v) is 5.09. The van der Waals surface area contributed by atoms with E-state index in [9.17, 15) is 4.79 Å². The maximum Gasteiger partial charge on any atom is 0.220 e. The summed E-state index contributed by atoms with van der Waals surface area (Å²) in [5, 5.41) is 3.26. The second-order valence-electron chi connectivity index (χ2n) is 10.1. The third-order valence-corrected chi connectivity index (χ3v) is 11.1. The summed E-state index contributed by atoms with van der Waals surface area (Å²) in [5.74, 6) is 1.86. The van der Waals surface area contributed by atoms with Crippen LogP contribution >= 0.6 is 0 Å². The number of amides is 1. The maximum atomic E-state index is 11.6. The Bertz CT molecular complexity index is 860. The number of hydrogen-bond donors (Lipinski definition) is 1. The number of benzene rings is 2. The van der Waals surface area contributed by atoms with Crippen LogP contribution in [0.15, 0.2) is 54.6 Å². The summed E-state index contributed by atoms with van der Waals surface area (Å²) in [7, 11) is -1.91. The van der Waals surface area contributed by atoms with E-state index < -0.39 is 8.32 Å². The molecule has 0 aliphatic carbocycles. The molecular formula is C26H37NO3Si. The molecule has 3 rings (SSSR count). The van der Waals surface area contributed by atoms with Gasteiger partial charge in [-0.05, 0) is 73.6 Å². The first-order valence-electron chi connectivity index (χ1n) is 11.4. The minimum Gasteiger partial charge on any atom is -0.457 e. The fraction of sp³-hybridized carbons (Fsp3) is 0.500. The van der Waals surface area contributed by atoms with Gasteiger partial charge in [-0.2, -0.15) is 0 Å². The van der Waals surface area contributed by atoms with Crippen LogP contribution in [0.2, 0.25) is 18.1 Å². The van der Waals surface area contributed by atoms with Crippen LogP contribution in [-0.2, 0) is 15.6 Å². The Morgan fingerprint density at radius 3 is 2.42 bits per heavy atom. The Balaban J connectivity index is 1.70. The molecule has 5 heteroatoms. The molecule has 0 radical (unpaired) electrons. The Labute approximate surface area is 188 Å². The van der Waals surface area contributed by atoms with E-state index in [4.69, 9.17) is 9.16 Å². The van der Waals surface area contributed by atoms with Crippen LogP contribution in [0.5, 0.6) is 11.5 Å². The van der Waals surface area contributed by atoms with Crippen LogP contribution < -0.4 is 10.1 Å². The maximum absolute atomic E-state index is 11.6. The third kappa shape index (κ3) is 6.94. The second-order valence-corrected chi connectivity index (χ2v) is 14.9. The van der Waals surface area contributed by atoms with Crippen molar-refractivity contribution in [3.63, 3.8) is 0 Å². The quantitative estimate of drug-likeness (QED) is 0.455. The average molecular weight is 440 g/mol. The van der Waals surface area contributed by atoms with Gasteiger partial charge in [0.05, 0.1) is 0 Å². The van der Waals surface area contributed by atoms with Gasteiger partial charge in [0.25, 0.3) is 0 Å². The van der Waals surface area contributed by atoms with Crippen molar-refractivity contribution >= 4 is 14.2 Å². The summed E-state index contributed by atoms with van der Waals surface area (Å²) in [6.45, 7) is 11.5. The first-order chi connectivity index (χ1) is 14.6. The van der Waals surface area contributed by atoms with Crippen LogP contribution in [0.1, 0.15) is 52.0 Å². The van der Waals surface area contributed by atoms with Crippen molar-refractivity contribution in [2.75, 3.05) is 0 Å². The van der Waals surface area contributed by atoms with Crippen molar-refractivity contribution in [3.8, 4) is 11.5 Å². The summed E-state index contributed by atoms with van der Waals surface area (Å²) < 4.78 is 12.9. The molecule has 1 saturated heterocycles. The summed E-state index contributed by atoms with van der Waals surface area (Å²) >= 11 is 0. The molecular weight excluding hydrogens is 402 g/mol. The molecule has 2 aromatic rings. The molecule has 1 N–H and O–H groups in total. The SMILES string of the molecule is CC(C)(C)[Si](C)(C)OC(CCC1CCC(=O)N1)Cc1cccc(Oc2ccccc2)c1. The molecule has 0 spiro atoms. The van der Waals surface area contributed by atoms with Crippen LogP contribution in [0.3, 0.4) is 0 Å². The number of carbonyl (C=O) groups is 1. The first kappa shape index (κ1) is 23.5. The number of nitrogens with one attached hydrogen (secondary N) is 1. The molecule has 1 aliphatic heterocycles. The molecule has 2 aromatic carbocycles. The van der Waals surface area contributed by atoms with Gasteiger partial charge in [0.2, 0.25) is 5.91 Å². The van der Waals surface area contributed by atoms with E-state index in [1.807, 2.05) is 42.5 Å². The average Bonchev–Trinajstić information content (AvgIpc) is 3.11. The van der Waals surface area contributed by atoms with Crippen molar-refractivity contribution in [1.29, 1.82) is 0 Å². The molecule has 2 atom stereocenters. The molecule has 1 amide bonds. The zero-order chi connectivity index (χ0) is 22.5. The molecule has 0 bridgehead atoms. The molecule has 1 fully saturated rings. The molecule has 0 aromatic heterocycles. The lowest BCUT2D eigenvalue weighted by Gasteiger charge is -2.39. The van der Waals surface area contributed by atoms with Crippen LogP contribution in [-0.4, -0.2) is 26.4 Å². The minimum absolute atomic E-state index is 0.130. The van der Waals surface area contributed by atoms with Gasteiger partial charge in [-0.15, -0.1) is 0 Å². The summed E-state index contributed by atoms with van der Waals surface area (Å²) in [4.78, 5) is 11.6. The van der Waals surface area contributed by atoms with E-state index in [1.54, 1.807) is 0 Å². The van der Waals surface area contributed by atoms with E-state index in [2.05, 4.69) is 51.3 Å². The number of rotatable bonds is 9. The second kappa shape index (κ2) is 10.0. The van der Waals surface area contributed by atoms with E-state index >= 15 is 0 Å². The topological polar surface area (TPSA) is 47.6 Å². The van der Waals surface area contributed by atoms with Crippen LogP contribution in [0.4, 0.5) is 0 Å². The Kier molecular flexibility index (Phi) is 7.60. The van der Waals surface area contributed by atoms with Gasteiger partial charge >= 0.3 is 0 Å². The lowest BCUT2D eigenvalue weighted by molar-refractivity contribution is -0.119. The van der Waals surface area contributed by atoms with Crippen molar-refractivity contribution in [2.24, 2.45) is 0 Å². The van der Waals surface area contributed by atoms with Crippen molar-refractivity contribution in [3.05, 3.63) is 60.2 Å². The highest BCUT2D eigenvalue weighted by molar-refractivity contribution is 6.74. The van der Waals surface area contributed by atoms with Gasteiger partial charge in [0.15, 0.2) is 8.32 Å². The van der Waals surface area contributed by atoms with Crippen molar-refractivity contribution < 1.29 is 14.0 Å². The largest absolute Gasteiger partial charge is 0.457 e. The van der Waals surface area contributed by atoms with Gasteiger partial charge in [0.1, 0.15) is 11.5 Å². The van der Waals surface area contributed by atoms with E-state index in [0.29, 0.717) is 6.42 Å². The summed E-state index contributed by atoms with van der Waals surface area (Å²) in [6, 6.07) is 18.5. The molecule has 2 unspecified atom stereocenters. The molecule has 31 heavy (non-hydrogen) atoms. The first-order valence-corrected chi connectivity index (χ1v) is 14.3. The number of ether oxygens (including phenoxy) is 1. The van der Waals surface area contributed by atoms with Gasteiger partial charge in [0, 0.05) is 18.6 Å². The number of para-hydroxylation sites is 1. The monoisotopic (exact) mass is 439 g/mol. The van der Waals surface area contributed by atoms with Gasteiger partial charge in [-0.1, -0.05) is 51.1 Å². The van der Waals surface area contributed by atoms with Crippen molar-refractivity contribution in [1.82, 2.24) is 5.32 Å².